The highest BCUT2D eigenvalue weighted by Gasteiger charge is 2.25. The van der Waals surface area contributed by atoms with Crippen LogP contribution in [0.25, 0.3) is 0 Å². The summed E-state index contributed by atoms with van der Waals surface area (Å²) in [5.41, 5.74) is 0. The fraction of sp³-hybridized carbons (Fsp3) is 0.744. The molecule has 2 unspecified atom stereocenters. The highest BCUT2D eigenvalue weighted by Crippen LogP contribution is 2.19. The molecule has 0 fully saturated rings. The van der Waals surface area contributed by atoms with Crippen molar-refractivity contribution in [2.24, 2.45) is 0 Å². The molecule has 0 aromatic heterocycles. The second kappa shape index (κ2) is 79.4. The first-order valence-electron chi connectivity index (χ1n) is 41.7. The van der Waals surface area contributed by atoms with Gasteiger partial charge in [0.15, 0.2) is 6.10 Å². The van der Waals surface area contributed by atoms with E-state index in [9.17, 15) is 19.5 Å². The molecule has 0 rings (SSSR count). The van der Waals surface area contributed by atoms with Crippen LogP contribution in [0.15, 0.2) is 122 Å². The molecule has 99 heavy (non-hydrogen) atoms. The summed E-state index contributed by atoms with van der Waals surface area (Å²) in [6.07, 6.45) is 111. The third-order valence-electron chi connectivity index (χ3n) is 18.2. The number of ether oxygens (including phenoxy) is 4. The van der Waals surface area contributed by atoms with Crippen LogP contribution in [-0.2, 0) is 33.3 Å². The topological polar surface area (TPSA) is 108 Å². The van der Waals surface area contributed by atoms with E-state index in [0.717, 1.165) is 109 Å². The maximum absolute atomic E-state index is 13.0. The van der Waals surface area contributed by atoms with E-state index in [4.69, 9.17) is 18.9 Å². The van der Waals surface area contributed by atoms with Crippen molar-refractivity contribution in [1.29, 1.82) is 0 Å². The number of unbranched alkanes of at least 4 members (excludes halogenated alkanes) is 42. The molecule has 0 bridgehead atoms. The summed E-state index contributed by atoms with van der Waals surface area (Å²) in [4.78, 5) is 37.7. The Morgan fingerprint density at radius 3 is 0.859 bits per heavy atom. The maximum Gasteiger partial charge on any atom is 0.361 e. The highest BCUT2D eigenvalue weighted by atomic mass is 16.7. The number of hydrogen-bond acceptors (Lipinski definition) is 7. The second-order valence-corrected chi connectivity index (χ2v) is 29.1. The summed E-state index contributed by atoms with van der Waals surface area (Å²) >= 11 is 0. The van der Waals surface area contributed by atoms with E-state index in [1.54, 1.807) is 0 Å². The lowest BCUT2D eigenvalue weighted by Crippen LogP contribution is -2.40. The Morgan fingerprint density at radius 1 is 0.313 bits per heavy atom. The van der Waals surface area contributed by atoms with Gasteiger partial charge in [-0.25, -0.2) is 4.79 Å². The number of carboxylic acid groups (broad SMARTS) is 1. The first-order valence-corrected chi connectivity index (χ1v) is 41.7. The molecule has 570 valence electrons. The summed E-state index contributed by atoms with van der Waals surface area (Å²) in [6, 6.07) is 0. The number of aliphatic carboxylic acids is 1. The van der Waals surface area contributed by atoms with Gasteiger partial charge in [0.25, 0.3) is 6.29 Å². The minimum Gasteiger partial charge on any atom is -0.477 e. The first-order chi connectivity index (χ1) is 48.6. The van der Waals surface area contributed by atoms with E-state index < -0.39 is 24.3 Å². The molecule has 0 saturated heterocycles. The molecule has 0 aromatic rings. The van der Waals surface area contributed by atoms with Crippen molar-refractivity contribution in [3.05, 3.63) is 122 Å². The largest absolute Gasteiger partial charge is 0.477 e. The number of carboxylic acids is 1. The minimum atomic E-state index is -1.53. The molecule has 9 nitrogen and oxygen atoms in total. The zero-order valence-electron chi connectivity index (χ0n) is 65.4. The average Bonchev–Trinajstić information content (AvgIpc) is 1.16. The van der Waals surface area contributed by atoms with Crippen LogP contribution in [0, 0.1) is 0 Å². The summed E-state index contributed by atoms with van der Waals surface area (Å²) in [5.74, 6) is -2.03. The number of allylic oxidation sites excluding steroid dienone is 20. The standard InChI is InChI=1S/C90H157NO8/c1-6-8-10-12-14-16-18-20-22-24-26-28-30-32-34-36-38-40-42-43-44-45-47-48-50-52-54-56-58-60-62-64-66-68-70-72-74-76-78-80-87(92)97-84-86(85-98-90(89(94)95)96-83-82-91(3,4)5)99-88(93)81-79-77-75-73-71-69-67-65-63-61-59-57-55-53-51-49-46-41-39-37-35-33-31-29-27-25-23-21-19-17-15-13-11-9-7-2/h9,11,15,17,21,23,27,29,33,35,39,41,49,51,55,57,61,63,67,69,86,90H,6-8,10,12-14,16,18-20,22,24-26,28,30-32,34,36-38,40,42-48,50,52-54,56,58-60,62,64-66,68,70-85H2,1-5H3/p+1/b11-9-,17-15-,23-21-,29-27-,35-33-,41-39-,51-49-,57-55-,63-61-,69-67-. The molecule has 0 amide bonds. The van der Waals surface area contributed by atoms with Gasteiger partial charge in [0.1, 0.15) is 13.2 Å². The molecule has 2 atom stereocenters. The Labute approximate surface area is 612 Å². The van der Waals surface area contributed by atoms with Gasteiger partial charge in [0.05, 0.1) is 34.4 Å². The van der Waals surface area contributed by atoms with Crippen molar-refractivity contribution in [3.63, 3.8) is 0 Å². The van der Waals surface area contributed by atoms with Gasteiger partial charge in [-0.05, 0) is 89.9 Å². The molecule has 0 aliphatic carbocycles. The van der Waals surface area contributed by atoms with Crippen LogP contribution >= 0.6 is 0 Å². The van der Waals surface area contributed by atoms with E-state index in [2.05, 4.69) is 135 Å². The van der Waals surface area contributed by atoms with Gasteiger partial charge in [-0.15, -0.1) is 0 Å². The average molecular weight is 1380 g/mol. The fourth-order valence-corrected chi connectivity index (χ4v) is 11.9. The van der Waals surface area contributed by atoms with Crippen LogP contribution in [0.1, 0.15) is 373 Å². The van der Waals surface area contributed by atoms with Crippen LogP contribution in [-0.4, -0.2) is 87.4 Å². The Hall–Kier alpha value is -4.31. The Morgan fingerprint density at radius 2 is 0.576 bits per heavy atom. The number of esters is 2. The Balaban J connectivity index is 4.06. The normalized spacial score (nSPS) is 13.3. The summed E-state index contributed by atoms with van der Waals surface area (Å²) in [5, 5.41) is 9.78. The summed E-state index contributed by atoms with van der Waals surface area (Å²) in [6.45, 7) is 4.77. The van der Waals surface area contributed by atoms with Crippen molar-refractivity contribution >= 4 is 17.9 Å². The number of quaternary nitrogens is 1. The number of hydrogen-bond donors (Lipinski definition) is 1. The van der Waals surface area contributed by atoms with Crippen molar-refractivity contribution in [1.82, 2.24) is 0 Å². The molecule has 0 spiro atoms. The quantitative estimate of drug-likeness (QED) is 0.0211. The molecular formula is C90H158NO8+. The molecule has 0 saturated carbocycles. The van der Waals surface area contributed by atoms with Crippen LogP contribution in [0.2, 0.25) is 0 Å². The monoisotopic (exact) mass is 1380 g/mol. The molecular weight excluding hydrogens is 1220 g/mol. The summed E-state index contributed by atoms with van der Waals surface area (Å²) < 4.78 is 23.0. The Kier molecular flexibility index (Phi) is 75.9. The molecule has 1 N–H and O–H groups in total. The predicted molar refractivity (Wildman–Crippen MR) is 428 cm³/mol. The SMILES string of the molecule is CC/C=C\C/C=C\C/C=C\C/C=C\C/C=C\C/C=C\C/C=C\C/C=C\C/C=C\C/C=C\CCCCCCC(=O)OC(COC(=O)CCCCCCCCCCCCCCCCCCCCCCCCCCCCCCCCCCCCCCCCC)COC(OCC[N+](C)(C)C)C(=O)O. The zero-order chi connectivity index (χ0) is 71.8. The van der Waals surface area contributed by atoms with Crippen molar-refractivity contribution in [3.8, 4) is 0 Å². The predicted octanol–water partition coefficient (Wildman–Crippen LogP) is 27.0. The van der Waals surface area contributed by atoms with Crippen molar-refractivity contribution in [2.45, 2.75) is 386 Å². The van der Waals surface area contributed by atoms with Gasteiger partial charge >= 0.3 is 17.9 Å². The fourth-order valence-electron chi connectivity index (χ4n) is 11.9. The molecule has 0 aliphatic heterocycles. The molecule has 0 radical (unpaired) electrons. The number of nitrogens with zero attached hydrogens (tertiary/aromatic N) is 1. The lowest BCUT2D eigenvalue weighted by Gasteiger charge is -2.25. The van der Waals surface area contributed by atoms with Crippen molar-refractivity contribution < 1.29 is 42.9 Å². The third kappa shape index (κ3) is 80.9. The minimum absolute atomic E-state index is 0.178. The van der Waals surface area contributed by atoms with E-state index in [0.29, 0.717) is 23.9 Å². The van der Waals surface area contributed by atoms with Crippen LogP contribution in [0.3, 0.4) is 0 Å². The Bertz CT molecular complexity index is 2050. The van der Waals surface area contributed by atoms with Crippen LogP contribution in [0.5, 0.6) is 0 Å². The molecule has 0 aliphatic rings. The number of likely N-dealkylation sites (N-methyl/N-ethyl adjacent to an activating group) is 1. The number of rotatable bonds is 77. The maximum atomic E-state index is 13.0. The zero-order valence-corrected chi connectivity index (χ0v) is 65.4. The van der Waals surface area contributed by atoms with Crippen LogP contribution < -0.4 is 0 Å². The molecule has 0 heterocycles. The third-order valence-corrected chi connectivity index (χ3v) is 18.2. The number of carbonyl (C=O) groups is 3. The van der Waals surface area contributed by atoms with Gasteiger partial charge in [-0.1, -0.05) is 392 Å². The van der Waals surface area contributed by atoms with Gasteiger partial charge in [-0.2, -0.15) is 0 Å². The van der Waals surface area contributed by atoms with Gasteiger partial charge in [-0.3, -0.25) is 9.59 Å². The lowest BCUT2D eigenvalue weighted by molar-refractivity contribution is -0.870. The van der Waals surface area contributed by atoms with E-state index in [1.807, 2.05) is 21.1 Å². The van der Waals surface area contributed by atoms with Gasteiger partial charge in [0, 0.05) is 12.8 Å². The van der Waals surface area contributed by atoms with Crippen molar-refractivity contribution in [2.75, 3.05) is 47.5 Å². The number of carbonyl (C=O) groups excluding carboxylic acids is 2. The second-order valence-electron chi connectivity index (χ2n) is 29.1. The van der Waals surface area contributed by atoms with E-state index in [-0.39, 0.29) is 32.2 Å². The van der Waals surface area contributed by atoms with Gasteiger partial charge in [0.2, 0.25) is 0 Å². The van der Waals surface area contributed by atoms with Crippen LogP contribution in [0.4, 0.5) is 0 Å². The molecule has 9 heteroatoms. The van der Waals surface area contributed by atoms with Gasteiger partial charge < -0.3 is 28.5 Å². The smallest absolute Gasteiger partial charge is 0.361 e. The van der Waals surface area contributed by atoms with E-state index in [1.165, 1.54) is 231 Å². The summed E-state index contributed by atoms with van der Waals surface area (Å²) in [7, 11) is 5.97. The molecule has 0 aromatic carbocycles. The lowest BCUT2D eigenvalue weighted by atomic mass is 10.0. The highest BCUT2D eigenvalue weighted by molar-refractivity contribution is 5.71. The van der Waals surface area contributed by atoms with E-state index >= 15 is 0 Å². The first kappa shape index (κ1) is 94.7.